The van der Waals surface area contributed by atoms with Gasteiger partial charge in [0, 0.05) is 38.5 Å². The van der Waals surface area contributed by atoms with Crippen LogP contribution in [0.1, 0.15) is 31.9 Å². The van der Waals surface area contributed by atoms with Gasteiger partial charge in [-0.1, -0.05) is 87.5 Å². The minimum atomic E-state index is -0.103. The first-order chi connectivity index (χ1) is 17.9. The average molecular weight is 479 g/mol. The van der Waals surface area contributed by atoms with Gasteiger partial charge in [-0.3, -0.25) is 0 Å². The van der Waals surface area contributed by atoms with Gasteiger partial charge in [0.05, 0.1) is 22.1 Å². The minimum absolute atomic E-state index is 0.103. The van der Waals surface area contributed by atoms with E-state index in [9.17, 15) is 0 Å². The smallest absolute Gasteiger partial charge is 0.0599 e. The van der Waals surface area contributed by atoms with Gasteiger partial charge in [0.25, 0.3) is 0 Å². The molecule has 0 bridgehead atoms. The van der Waals surface area contributed by atoms with Crippen LogP contribution in [0.25, 0.3) is 55.0 Å². The zero-order valence-electron chi connectivity index (χ0n) is 21.8. The summed E-state index contributed by atoms with van der Waals surface area (Å²) in [5.74, 6) is 0. The number of fused-ring (bicyclic) bond motifs is 6. The zero-order valence-corrected chi connectivity index (χ0v) is 21.8. The van der Waals surface area contributed by atoms with Crippen molar-refractivity contribution >= 4 is 43.6 Å². The third-order valence-corrected chi connectivity index (χ3v) is 7.61. The largest absolute Gasteiger partial charge is 0.309 e. The maximum absolute atomic E-state index is 2.49. The van der Waals surface area contributed by atoms with Crippen LogP contribution in [0.4, 0.5) is 0 Å². The standard InChI is InChI=1S/C35H30N2/c1-23-13-12-16-25(21-23)37-31-20-11-9-18-27(31)29-22-28-26-17-8-10-19-30(26)36(24-14-6-5-7-15-24)33(28)32(34(29)37)35(2,3)4/h5-22H,1-4H3. The van der Waals surface area contributed by atoms with E-state index >= 15 is 0 Å². The monoisotopic (exact) mass is 478 g/mol. The molecule has 0 aliphatic heterocycles. The van der Waals surface area contributed by atoms with Crippen molar-refractivity contribution in [1.29, 1.82) is 0 Å². The normalized spacial score (nSPS) is 12.3. The molecule has 0 saturated carbocycles. The molecule has 2 heteroatoms. The molecule has 0 aliphatic rings. The summed E-state index contributed by atoms with van der Waals surface area (Å²) in [7, 11) is 0. The van der Waals surface area contributed by atoms with Gasteiger partial charge in [-0.05, 0) is 60.4 Å². The Kier molecular flexibility index (Phi) is 4.65. The van der Waals surface area contributed by atoms with Crippen LogP contribution in [0.3, 0.4) is 0 Å². The van der Waals surface area contributed by atoms with E-state index in [0.717, 1.165) is 0 Å². The second kappa shape index (κ2) is 7.85. The summed E-state index contributed by atoms with van der Waals surface area (Å²) in [6.07, 6.45) is 0. The Morgan fingerprint density at radius 2 is 1.00 bits per heavy atom. The lowest BCUT2D eigenvalue weighted by Crippen LogP contribution is -2.15. The van der Waals surface area contributed by atoms with Crippen LogP contribution in [0.2, 0.25) is 0 Å². The SMILES string of the molecule is Cc1cccc(-n2c3ccccc3c3cc4c5ccccc5n(-c5ccccc5)c4c(C(C)(C)C)c32)c1. The summed E-state index contributed by atoms with van der Waals surface area (Å²) in [6, 6.07) is 39.8. The Balaban J connectivity index is 1.81. The van der Waals surface area contributed by atoms with Gasteiger partial charge in [-0.25, -0.2) is 0 Å². The highest BCUT2D eigenvalue weighted by atomic mass is 15.0. The molecule has 0 N–H and O–H groups in total. The second-order valence-corrected chi connectivity index (χ2v) is 11.2. The van der Waals surface area contributed by atoms with Gasteiger partial charge >= 0.3 is 0 Å². The molecule has 2 aromatic heterocycles. The number of hydrogen-bond acceptors (Lipinski definition) is 0. The molecule has 37 heavy (non-hydrogen) atoms. The summed E-state index contributed by atoms with van der Waals surface area (Å²) >= 11 is 0. The first kappa shape index (κ1) is 21.9. The lowest BCUT2D eigenvalue weighted by molar-refractivity contribution is 0.597. The molecule has 0 radical (unpaired) electrons. The topological polar surface area (TPSA) is 9.86 Å². The third-order valence-electron chi connectivity index (χ3n) is 7.61. The van der Waals surface area contributed by atoms with E-state index in [1.165, 1.54) is 66.1 Å². The quantitative estimate of drug-likeness (QED) is 0.234. The first-order valence-electron chi connectivity index (χ1n) is 13.1. The van der Waals surface area contributed by atoms with Gasteiger partial charge in [-0.15, -0.1) is 0 Å². The second-order valence-electron chi connectivity index (χ2n) is 11.2. The highest BCUT2D eigenvalue weighted by Crippen LogP contribution is 2.46. The lowest BCUT2D eigenvalue weighted by atomic mass is 9.83. The van der Waals surface area contributed by atoms with E-state index in [2.05, 4.69) is 146 Å². The minimum Gasteiger partial charge on any atom is -0.309 e. The number of para-hydroxylation sites is 3. The number of aryl methyl sites for hydroxylation is 1. The summed E-state index contributed by atoms with van der Waals surface area (Å²) in [5, 5.41) is 5.21. The number of benzene rings is 5. The van der Waals surface area contributed by atoms with Crippen molar-refractivity contribution in [3.05, 3.63) is 120 Å². The van der Waals surface area contributed by atoms with Crippen LogP contribution in [-0.2, 0) is 5.41 Å². The predicted octanol–water partition coefficient (Wildman–Crippen LogP) is 9.49. The molecular weight excluding hydrogens is 448 g/mol. The van der Waals surface area contributed by atoms with Crippen molar-refractivity contribution in [3.8, 4) is 11.4 Å². The van der Waals surface area contributed by atoms with E-state index in [1.54, 1.807) is 0 Å². The van der Waals surface area contributed by atoms with E-state index in [0.29, 0.717) is 0 Å². The van der Waals surface area contributed by atoms with Gasteiger partial charge in [0.2, 0.25) is 0 Å². The average Bonchev–Trinajstić information content (AvgIpc) is 3.40. The molecule has 0 spiro atoms. The van der Waals surface area contributed by atoms with Crippen molar-refractivity contribution in [1.82, 2.24) is 9.13 Å². The Labute approximate surface area is 217 Å². The van der Waals surface area contributed by atoms with Gasteiger partial charge < -0.3 is 9.13 Å². The van der Waals surface area contributed by atoms with E-state index in [4.69, 9.17) is 0 Å². The van der Waals surface area contributed by atoms with Crippen molar-refractivity contribution in [2.24, 2.45) is 0 Å². The third kappa shape index (κ3) is 3.18. The lowest BCUT2D eigenvalue weighted by Gasteiger charge is -2.25. The molecule has 5 aromatic carbocycles. The van der Waals surface area contributed by atoms with Crippen LogP contribution in [0.15, 0.2) is 109 Å². The maximum atomic E-state index is 2.49. The van der Waals surface area contributed by atoms with Crippen LogP contribution >= 0.6 is 0 Å². The van der Waals surface area contributed by atoms with Crippen molar-refractivity contribution < 1.29 is 0 Å². The molecule has 2 nitrogen and oxygen atoms in total. The molecule has 0 fully saturated rings. The number of nitrogens with zero attached hydrogens (tertiary/aromatic N) is 2. The summed E-state index contributed by atoms with van der Waals surface area (Å²) < 4.78 is 4.97. The highest BCUT2D eigenvalue weighted by molar-refractivity contribution is 6.21. The summed E-state index contributed by atoms with van der Waals surface area (Å²) in [5.41, 5.74) is 10.0. The van der Waals surface area contributed by atoms with E-state index in [-0.39, 0.29) is 5.41 Å². The molecule has 0 atom stereocenters. The maximum Gasteiger partial charge on any atom is 0.0599 e. The van der Waals surface area contributed by atoms with E-state index in [1.807, 2.05) is 0 Å². The van der Waals surface area contributed by atoms with Gasteiger partial charge in [0.15, 0.2) is 0 Å². The molecule has 0 amide bonds. The summed E-state index contributed by atoms with van der Waals surface area (Å²) in [4.78, 5) is 0. The predicted molar refractivity (Wildman–Crippen MR) is 159 cm³/mol. The van der Waals surface area contributed by atoms with Gasteiger partial charge in [0.1, 0.15) is 0 Å². The Morgan fingerprint density at radius 3 is 1.57 bits per heavy atom. The molecule has 0 unspecified atom stereocenters. The fourth-order valence-corrected chi connectivity index (χ4v) is 6.16. The van der Waals surface area contributed by atoms with Gasteiger partial charge in [-0.2, -0.15) is 0 Å². The fraction of sp³-hybridized carbons (Fsp3) is 0.143. The Morgan fingerprint density at radius 1 is 0.486 bits per heavy atom. The Bertz CT molecular complexity index is 1960. The van der Waals surface area contributed by atoms with Crippen molar-refractivity contribution in [3.63, 3.8) is 0 Å². The molecule has 0 saturated heterocycles. The van der Waals surface area contributed by atoms with Crippen LogP contribution in [0.5, 0.6) is 0 Å². The molecular formula is C35H30N2. The number of rotatable bonds is 2. The first-order valence-corrected chi connectivity index (χ1v) is 13.1. The van der Waals surface area contributed by atoms with Crippen molar-refractivity contribution in [2.45, 2.75) is 33.1 Å². The highest BCUT2D eigenvalue weighted by Gasteiger charge is 2.29. The molecule has 0 aliphatic carbocycles. The molecule has 180 valence electrons. The number of hydrogen-bond donors (Lipinski definition) is 0. The van der Waals surface area contributed by atoms with E-state index < -0.39 is 0 Å². The fourth-order valence-electron chi connectivity index (χ4n) is 6.16. The molecule has 2 heterocycles. The zero-order chi connectivity index (χ0) is 25.3. The molecule has 7 aromatic rings. The number of aromatic nitrogens is 2. The van der Waals surface area contributed by atoms with Crippen LogP contribution in [-0.4, -0.2) is 9.13 Å². The summed E-state index contributed by atoms with van der Waals surface area (Å²) in [6.45, 7) is 9.24. The van der Waals surface area contributed by atoms with Crippen molar-refractivity contribution in [2.75, 3.05) is 0 Å². The Hall–Kier alpha value is -4.30. The van der Waals surface area contributed by atoms with Crippen LogP contribution < -0.4 is 0 Å². The van der Waals surface area contributed by atoms with Crippen LogP contribution in [0, 0.1) is 6.92 Å². The molecule has 7 rings (SSSR count).